The molecule has 0 spiro atoms. The van der Waals surface area contributed by atoms with Gasteiger partial charge in [0.1, 0.15) is 0 Å². The minimum absolute atomic E-state index is 1.06. The molecule has 0 aromatic carbocycles. The smallest absolute Gasteiger partial charge is 0.0701 e. The van der Waals surface area contributed by atoms with Gasteiger partial charge in [0.25, 0.3) is 0 Å². The highest BCUT2D eigenvalue weighted by atomic mass is 79.9. The normalized spacial score (nSPS) is 11.2. The number of rotatable bonds is 8. The number of halogens is 1. The van der Waals surface area contributed by atoms with Crippen LogP contribution in [0.4, 0.5) is 0 Å². The first-order chi connectivity index (χ1) is 7.72. The maximum absolute atomic E-state index is 3.50. The maximum Gasteiger partial charge on any atom is 0.0701 e. The number of nitrogens with one attached hydrogen (secondary N) is 1. The molecule has 1 N–H and O–H groups in total. The number of hydrogen-bond donors (Lipinski definition) is 1. The maximum atomic E-state index is 3.50. The van der Waals surface area contributed by atoms with Gasteiger partial charge in [-0.05, 0) is 73.0 Å². The largest absolute Gasteiger partial charge is 0.320 e. The average molecular weight is 305 g/mol. The summed E-state index contributed by atoms with van der Waals surface area (Å²) in [7, 11) is 4.21. The molecule has 1 rings (SSSR count). The first-order valence-electron chi connectivity index (χ1n) is 5.78. The van der Waals surface area contributed by atoms with Crippen LogP contribution < -0.4 is 5.32 Å². The summed E-state index contributed by atoms with van der Waals surface area (Å²) in [5.41, 5.74) is 1.41. The summed E-state index contributed by atoms with van der Waals surface area (Å²) in [5.74, 6) is 0. The Morgan fingerprint density at radius 1 is 1.38 bits per heavy atom. The molecular formula is C12H21BrN2S. The Hall–Kier alpha value is 0.100. The zero-order valence-electron chi connectivity index (χ0n) is 10.1. The lowest BCUT2D eigenvalue weighted by Crippen LogP contribution is -2.19. The Labute approximate surface area is 111 Å². The molecule has 16 heavy (non-hydrogen) atoms. The van der Waals surface area contributed by atoms with Crippen molar-refractivity contribution in [3.63, 3.8) is 0 Å². The van der Waals surface area contributed by atoms with E-state index in [0.717, 1.165) is 13.1 Å². The van der Waals surface area contributed by atoms with Crippen LogP contribution in [0.3, 0.4) is 0 Å². The van der Waals surface area contributed by atoms with Crippen molar-refractivity contribution in [3.05, 3.63) is 20.8 Å². The first kappa shape index (κ1) is 14.2. The molecular weight excluding hydrogens is 284 g/mol. The molecule has 0 aliphatic carbocycles. The minimum atomic E-state index is 1.06. The Bertz CT molecular complexity index is 288. The van der Waals surface area contributed by atoms with Crippen molar-refractivity contribution in [1.29, 1.82) is 0 Å². The highest BCUT2D eigenvalue weighted by molar-refractivity contribution is 9.11. The summed E-state index contributed by atoms with van der Waals surface area (Å²) in [4.78, 5) is 2.40. The fraction of sp³-hybridized carbons (Fsp3) is 0.667. The van der Waals surface area contributed by atoms with Gasteiger partial charge in [-0.15, -0.1) is 11.3 Å². The van der Waals surface area contributed by atoms with E-state index in [1.165, 1.54) is 35.2 Å². The van der Waals surface area contributed by atoms with Crippen LogP contribution >= 0.6 is 27.3 Å². The first-order valence-corrected chi connectivity index (χ1v) is 7.45. The zero-order valence-corrected chi connectivity index (χ0v) is 12.5. The summed E-state index contributed by atoms with van der Waals surface area (Å²) in [6.45, 7) is 3.40. The molecule has 0 amide bonds. The second-order valence-corrected chi connectivity index (χ2v) is 6.45. The van der Waals surface area contributed by atoms with Crippen molar-refractivity contribution in [2.45, 2.75) is 25.8 Å². The lowest BCUT2D eigenvalue weighted by molar-refractivity contribution is 0.317. The van der Waals surface area contributed by atoms with Crippen LogP contribution in [0.15, 0.2) is 15.2 Å². The molecule has 0 atom stereocenters. The molecule has 2 nitrogen and oxygen atoms in total. The topological polar surface area (TPSA) is 15.3 Å². The molecule has 1 aromatic heterocycles. The SMILES string of the molecule is CNCCCCCN(C)Cc1csc(Br)c1. The predicted molar refractivity (Wildman–Crippen MR) is 76.1 cm³/mol. The van der Waals surface area contributed by atoms with Gasteiger partial charge in [-0.25, -0.2) is 0 Å². The average Bonchev–Trinajstić information content (AvgIpc) is 2.63. The highest BCUT2D eigenvalue weighted by Gasteiger charge is 2.02. The molecule has 0 saturated carbocycles. The van der Waals surface area contributed by atoms with E-state index in [0.29, 0.717) is 0 Å². The molecule has 0 saturated heterocycles. The Kier molecular flexibility index (Phi) is 7.28. The fourth-order valence-electron chi connectivity index (χ4n) is 1.68. The van der Waals surface area contributed by atoms with Crippen LogP contribution in [-0.4, -0.2) is 32.1 Å². The molecule has 0 aliphatic heterocycles. The second kappa shape index (κ2) is 8.23. The third kappa shape index (κ3) is 5.99. The summed E-state index contributed by atoms with van der Waals surface area (Å²) < 4.78 is 1.23. The van der Waals surface area contributed by atoms with Crippen molar-refractivity contribution in [1.82, 2.24) is 10.2 Å². The van der Waals surface area contributed by atoms with E-state index < -0.39 is 0 Å². The lowest BCUT2D eigenvalue weighted by Gasteiger charge is -2.15. The van der Waals surface area contributed by atoms with E-state index in [4.69, 9.17) is 0 Å². The van der Waals surface area contributed by atoms with Crippen LogP contribution in [0.25, 0.3) is 0 Å². The van der Waals surface area contributed by atoms with Gasteiger partial charge in [-0.1, -0.05) is 6.42 Å². The standard InChI is InChI=1S/C12H21BrN2S/c1-14-6-4-3-5-7-15(2)9-11-8-12(13)16-10-11/h8,10,14H,3-7,9H2,1-2H3. The van der Waals surface area contributed by atoms with Crippen LogP contribution in [0.1, 0.15) is 24.8 Å². The highest BCUT2D eigenvalue weighted by Crippen LogP contribution is 2.21. The Morgan fingerprint density at radius 2 is 2.19 bits per heavy atom. The van der Waals surface area contributed by atoms with E-state index in [1.807, 2.05) is 7.05 Å². The van der Waals surface area contributed by atoms with Crippen LogP contribution in [0, 0.1) is 0 Å². The third-order valence-corrected chi connectivity index (χ3v) is 4.09. The molecule has 92 valence electrons. The Morgan fingerprint density at radius 3 is 2.81 bits per heavy atom. The van der Waals surface area contributed by atoms with Crippen LogP contribution in [0.2, 0.25) is 0 Å². The van der Waals surface area contributed by atoms with Crippen molar-refractivity contribution in [2.75, 3.05) is 27.2 Å². The van der Waals surface area contributed by atoms with Crippen molar-refractivity contribution >= 4 is 27.3 Å². The third-order valence-electron chi connectivity index (χ3n) is 2.54. The number of nitrogens with zero attached hydrogens (tertiary/aromatic N) is 1. The molecule has 0 aliphatic rings. The van der Waals surface area contributed by atoms with Gasteiger partial charge in [-0.2, -0.15) is 0 Å². The molecule has 0 bridgehead atoms. The molecule has 0 unspecified atom stereocenters. The van der Waals surface area contributed by atoms with Crippen LogP contribution in [0.5, 0.6) is 0 Å². The van der Waals surface area contributed by atoms with Gasteiger partial charge in [0.2, 0.25) is 0 Å². The molecule has 0 radical (unpaired) electrons. The summed E-state index contributed by atoms with van der Waals surface area (Å²) in [6.07, 6.45) is 3.90. The van der Waals surface area contributed by atoms with Crippen molar-refractivity contribution in [3.8, 4) is 0 Å². The van der Waals surface area contributed by atoms with Gasteiger partial charge in [0, 0.05) is 6.54 Å². The van der Waals surface area contributed by atoms with E-state index in [1.54, 1.807) is 11.3 Å². The van der Waals surface area contributed by atoms with E-state index in [2.05, 4.69) is 44.6 Å². The van der Waals surface area contributed by atoms with E-state index in [-0.39, 0.29) is 0 Å². The quantitative estimate of drug-likeness (QED) is 0.741. The summed E-state index contributed by atoms with van der Waals surface area (Å²) in [6, 6.07) is 2.21. The molecule has 1 aromatic rings. The van der Waals surface area contributed by atoms with Gasteiger partial charge < -0.3 is 10.2 Å². The second-order valence-electron chi connectivity index (χ2n) is 4.16. The van der Waals surface area contributed by atoms with Crippen molar-refractivity contribution < 1.29 is 0 Å². The zero-order chi connectivity index (χ0) is 11.8. The van der Waals surface area contributed by atoms with Crippen molar-refractivity contribution in [2.24, 2.45) is 0 Å². The summed E-state index contributed by atoms with van der Waals surface area (Å²) >= 11 is 5.26. The molecule has 4 heteroatoms. The number of thiophene rings is 1. The van der Waals surface area contributed by atoms with Gasteiger partial charge in [0.05, 0.1) is 3.79 Å². The minimum Gasteiger partial charge on any atom is -0.320 e. The monoisotopic (exact) mass is 304 g/mol. The van der Waals surface area contributed by atoms with Gasteiger partial charge in [-0.3, -0.25) is 0 Å². The summed E-state index contributed by atoms with van der Waals surface area (Å²) in [5, 5.41) is 5.40. The predicted octanol–water partition coefficient (Wildman–Crippen LogP) is 3.33. The fourth-order valence-corrected chi connectivity index (χ4v) is 2.88. The Balaban J connectivity index is 2.09. The number of hydrogen-bond acceptors (Lipinski definition) is 3. The van der Waals surface area contributed by atoms with E-state index >= 15 is 0 Å². The van der Waals surface area contributed by atoms with E-state index in [9.17, 15) is 0 Å². The van der Waals surface area contributed by atoms with Gasteiger partial charge in [0.15, 0.2) is 0 Å². The molecule has 0 fully saturated rings. The molecule has 1 heterocycles. The number of unbranched alkanes of at least 4 members (excludes halogenated alkanes) is 2. The van der Waals surface area contributed by atoms with Crippen LogP contribution in [-0.2, 0) is 6.54 Å². The van der Waals surface area contributed by atoms with Gasteiger partial charge >= 0.3 is 0 Å². The lowest BCUT2D eigenvalue weighted by atomic mass is 10.2.